The molecule has 6 nitrogen and oxygen atoms in total. The summed E-state index contributed by atoms with van der Waals surface area (Å²) >= 11 is 0. The third-order valence-corrected chi connectivity index (χ3v) is 6.94. The monoisotopic (exact) mass is 427 g/mol. The lowest BCUT2D eigenvalue weighted by atomic mass is 9.96. The summed E-state index contributed by atoms with van der Waals surface area (Å²) in [6.45, 7) is 9.31. The number of piperidine rings is 1. The van der Waals surface area contributed by atoms with Crippen LogP contribution in [0.15, 0.2) is 30.3 Å². The van der Waals surface area contributed by atoms with E-state index < -0.39 is 11.6 Å². The second kappa shape index (κ2) is 9.19. The van der Waals surface area contributed by atoms with Crippen molar-refractivity contribution in [1.82, 2.24) is 15.1 Å². The predicted molar refractivity (Wildman–Crippen MR) is 120 cm³/mol. The zero-order chi connectivity index (χ0) is 22.0. The summed E-state index contributed by atoms with van der Waals surface area (Å²) in [5.74, 6) is 1.16. The van der Waals surface area contributed by atoms with E-state index in [0.29, 0.717) is 24.8 Å². The van der Waals surface area contributed by atoms with Gasteiger partial charge in [0.25, 0.3) is 0 Å². The molecule has 1 aromatic rings. The van der Waals surface area contributed by atoms with Crippen LogP contribution in [0.1, 0.15) is 58.4 Å². The Balaban J connectivity index is 1.35. The molecule has 2 heterocycles. The van der Waals surface area contributed by atoms with E-state index in [1.165, 1.54) is 12.0 Å². The van der Waals surface area contributed by atoms with Crippen molar-refractivity contribution in [3.63, 3.8) is 0 Å². The Morgan fingerprint density at radius 3 is 2.58 bits per heavy atom. The van der Waals surface area contributed by atoms with Crippen LogP contribution in [0.2, 0.25) is 0 Å². The number of carbonyl (C=O) groups is 2. The predicted octanol–water partition coefficient (Wildman–Crippen LogP) is 3.80. The topological polar surface area (TPSA) is 61.9 Å². The standard InChI is InChI=1S/C25H37N3O3/c1-25(2,3)31-24(30)28-14-8-7-11-22(28)23(29)26-21-13-12-19-16-27(17-20(19)21)15-18-9-5-4-6-10-18/h4-6,9-10,19-22H,7-8,11-17H2,1-3H3,(H,26,29)/t19-,20+,21+,22-/m0/s1. The first-order valence-electron chi connectivity index (χ1n) is 11.9. The van der Waals surface area contributed by atoms with Crippen LogP contribution in [0.25, 0.3) is 0 Å². The number of ether oxygens (including phenoxy) is 1. The van der Waals surface area contributed by atoms with Crippen LogP contribution in [-0.4, -0.2) is 59.1 Å². The number of fused-ring (bicyclic) bond motifs is 1. The zero-order valence-corrected chi connectivity index (χ0v) is 19.2. The van der Waals surface area contributed by atoms with Gasteiger partial charge in [0.2, 0.25) is 5.91 Å². The molecule has 2 amide bonds. The second-order valence-electron chi connectivity index (χ2n) is 10.5. The lowest BCUT2D eigenvalue weighted by molar-refractivity contribution is -0.128. The highest BCUT2D eigenvalue weighted by Gasteiger charge is 2.44. The molecule has 0 unspecified atom stereocenters. The van der Waals surface area contributed by atoms with Crippen LogP contribution in [0.4, 0.5) is 4.79 Å². The fraction of sp³-hybridized carbons (Fsp3) is 0.680. The van der Waals surface area contributed by atoms with Gasteiger partial charge in [0.1, 0.15) is 11.6 Å². The summed E-state index contributed by atoms with van der Waals surface area (Å²) < 4.78 is 5.57. The largest absolute Gasteiger partial charge is 0.444 e. The fourth-order valence-corrected chi connectivity index (χ4v) is 5.53. The third kappa shape index (κ3) is 5.40. The maximum absolute atomic E-state index is 13.2. The van der Waals surface area contributed by atoms with Crippen LogP contribution in [0.5, 0.6) is 0 Å². The summed E-state index contributed by atoms with van der Waals surface area (Å²) in [6, 6.07) is 10.4. The minimum absolute atomic E-state index is 0.00211. The molecule has 31 heavy (non-hydrogen) atoms. The van der Waals surface area contributed by atoms with E-state index in [4.69, 9.17) is 4.74 Å². The Morgan fingerprint density at radius 2 is 1.84 bits per heavy atom. The van der Waals surface area contributed by atoms with Crippen molar-refractivity contribution in [1.29, 1.82) is 0 Å². The molecule has 170 valence electrons. The van der Waals surface area contributed by atoms with Gasteiger partial charge in [-0.25, -0.2) is 4.79 Å². The first-order valence-corrected chi connectivity index (χ1v) is 11.9. The number of hydrogen-bond acceptors (Lipinski definition) is 4. The minimum atomic E-state index is -0.555. The van der Waals surface area contributed by atoms with Crippen molar-refractivity contribution in [2.75, 3.05) is 19.6 Å². The Kier molecular flexibility index (Phi) is 6.56. The first kappa shape index (κ1) is 22.1. The highest BCUT2D eigenvalue weighted by atomic mass is 16.6. The molecule has 3 fully saturated rings. The average molecular weight is 428 g/mol. The Labute approximate surface area is 186 Å². The van der Waals surface area contributed by atoms with Gasteiger partial charge < -0.3 is 10.1 Å². The molecule has 6 heteroatoms. The van der Waals surface area contributed by atoms with Crippen molar-refractivity contribution in [3.8, 4) is 0 Å². The fourth-order valence-electron chi connectivity index (χ4n) is 5.53. The number of carbonyl (C=O) groups excluding carboxylic acids is 2. The molecule has 3 aliphatic rings. The lowest BCUT2D eigenvalue weighted by Crippen LogP contribution is -2.55. The molecule has 1 saturated carbocycles. The summed E-state index contributed by atoms with van der Waals surface area (Å²) in [5, 5.41) is 3.34. The molecule has 0 aromatic heterocycles. The van der Waals surface area contributed by atoms with Crippen molar-refractivity contribution >= 4 is 12.0 Å². The second-order valence-corrected chi connectivity index (χ2v) is 10.5. The van der Waals surface area contributed by atoms with Crippen molar-refractivity contribution in [2.24, 2.45) is 11.8 Å². The van der Waals surface area contributed by atoms with Crippen LogP contribution in [0, 0.1) is 11.8 Å². The van der Waals surface area contributed by atoms with Gasteiger partial charge in [0.15, 0.2) is 0 Å². The van der Waals surface area contributed by atoms with Crippen molar-refractivity contribution in [3.05, 3.63) is 35.9 Å². The summed E-state index contributed by atoms with van der Waals surface area (Å²) in [7, 11) is 0. The van der Waals surface area contributed by atoms with Gasteiger partial charge in [-0.3, -0.25) is 14.6 Å². The van der Waals surface area contributed by atoms with Crippen LogP contribution in [-0.2, 0) is 16.1 Å². The zero-order valence-electron chi connectivity index (χ0n) is 19.2. The average Bonchev–Trinajstić information content (AvgIpc) is 3.28. The molecule has 4 rings (SSSR count). The number of amides is 2. The molecule has 2 saturated heterocycles. The van der Waals surface area contributed by atoms with E-state index in [-0.39, 0.29) is 18.0 Å². The van der Waals surface area contributed by atoms with Crippen LogP contribution >= 0.6 is 0 Å². The third-order valence-electron chi connectivity index (χ3n) is 6.94. The first-order chi connectivity index (χ1) is 14.8. The molecule has 0 bridgehead atoms. The molecule has 2 aliphatic heterocycles. The van der Waals surface area contributed by atoms with E-state index in [9.17, 15) is 9.59 Å². The van der Waals surface area contributed by atoms with Gasteiger partial charge in [-0.15, -0.1) is 0 Å². The van der Waals surface area contributed by atoms with E-state index in [2.05, 4.69) is 40.5 Å². The Hall–Kier alpha value is -2.08. The van der Waals surface area contributed by atoms with Crippen molar-refractivity contribution < 1.29 is 14.3 Å². The SMILES string of the molecule is CC(C)(C)OC(=O)N1CCCC[C@H]1C(=O)N[C@@H]1CC[C@H]2CN(Cc3ccccc3)C[C@H]21. The highest BCUT2D eigenvalue weighted by molar-refractivity contribution is 5.86. The van der Waals surface area contributed by atoms with E-state index >= 15 is 0 Å². The number of benzene rings is 1. The molecular weight excluding hydrogens is 390 g/mol. The minimum Gasteiger partial charge on any atom is -0.444 e. The van der Waals surface area contributed by atoms with Crippen molar-refractivity contribution in [2.45, 2.75) is 77.1 Å². The van der Waals surface area contributed by atoms with Gasteiger partial charge in [-0.2, -0.15) is 0 Å². The van der Waals surface area contributed by atoms with Gasteiger partial charge in [0, 0.05) is 32.2 Å². The molecular formula is C25H37N3O3. The number of likely N-dealkylation sites (tertiary alicyclic amines) is 2. The maximum Gasteiger partial charge on any atom is 0.410 e. The molecule has 0 radical (unpaired) electrons. The number of nitrogens with zero attached hydrogens (tertiary/aromatic N) is 2. The van der Waals surface area contributed by atoms with Gasteiger partial charge in [-0.1, -0.05) is 30.3 Å². The van der Waals surface area contributed by atoms with Crippen LogP contribution in [0.3, 0.4) is 0 Å². The van der Waals surface area contributed by atoms with Crippen LogP contribution < -0.4 is 5.32 Å². The lowest BCUT2D eigenvalue weighted by Gasteiger charge is -2.36. The van der Waals surface area contributed by atoms with E-state index in [0.717, 1.165) is 38.9 Å². The summed E-state index contributed by atoms with van der Waals surface area (Å²) in [4.78, 5) is 30.1. The van der Waals surface area contributed by atoms with E-state index in [1.54, 1.807) is 4.90 Å². The molecule has 1 N–H and O–H groups in total. The smallest absolute Gasteiger partial charge is 0.410 e. The normalized spacial score (nSPS) is 28.9. The maximum atomic E-state index is 13.2. The summed E-state index contributed by atoms with van der Waals surface area (Å²) in [5.41, 5.74) is 0.790. The Bertz CT molecular complexity index is 776. The molecule has 4 atom stereocenters. The Morgan fingerprint density at radius 1 is 1.06 bits per heavy atom. The number of hydrogen-bond donors (Lipinski definition) is 1. The molecule has 0 spiro atoms. The van der Waals surface area contributed by atoms with E-state index in [1.807, 2.05) is 20.8 Å². The number of rotatable bonds is 4. The van der Waals surface area contributed by atoms with Gasteiger partial charge in [-0.05, 0) is 70.3 Å². The summed E-state index contributed by atoms with van der Waals surface area (Å²) in [6.07, 6.45) is 4.45. The quantitative estimate of drug-likeness (QED) is 0.794. The number of nitrogens with one attached hydrogen (secondary N) is 1. The van der Waals surface area contributed by atoms with Gasteiger partial charge >= 0.3 is 6.09 Å². The van der Waals surface area contributed by atoms with Gasteiger partial charge in [0.05, 0.1) is 0 Å². The molecule has 1 aromatic carbocycles. The molecule has 1 aliphatic carbocycles. The highest BCUT2D eigenvalue weighted by Crippen LogP contribution is 2.39.